The lowest BCUT2D eigenvalue weighted by atomic mass is 9.86. The number of morpholine rings is 1. The summed E-state index contributed by atoms with van der Waals surface area (Å²) in [6.07, 6.45) is 2.26. The normalized spacial score (nSPS) is 18.3. The molecule has 7 heteroatoms. The van der Waals surface area contributed by atoms with Crippen molar-refractivity contribution < 1.29 is 19.4 Å². The Hall–Kier alpha value is -2.80. The molecule has 154 valence electrons. The summed E-state index contributed by atoms with van der Waals surface area (Å²) in [5, 5.41) is 9.40. The van der Waals surface area contributed by atoms with Gasteiger partial charge in [-0.15, -0.1) is 0 Å². The Morgan fingerprint density at radius 1 is 1.24 bits per heavy atom. The molecule has 0 saturated carbocycles. The number of aromatic nitrogens is 1. The first-order valence-electron chi connectivity index (χ1n) is 9.94. The van der Waals surface area contributed by atoms with E-state index in [2.05, 4.69) is 24.8 Å². The number of ether oxygens (including phenoxy) is 2. The number of hydrogen-bond acceptors (Lipinski definition) is 5. The minimum atomic E-state index is -1.20. The molecule has 1 saturated heterocycles. The molecule has 0 unspecified atom stereocenters. The largest absolute Gasteiger partial charge is 0.495 e. The molecule has 7 nitrogen and oxygen atoms in total. The number of methoxy groups -OCH3 is 1. The molecule has 1 N–H and O–H groups in total. The van der Waals surface area contributed by atoms with Crippen molar-refractivity contribution in [3.63, 3.8) is 0 Å². The zero-order valence-electron chi connectivity index (χ0n) is 17.0. The first-order valence-corrected chi connectivity index (χ1v) is 9.94. The van der Waals surface area contributed by atoms with Crippen LogP contribution in [0.5, 0.6) is 5.75 Å². The van der Waals surface area contributed by atoms with Crippen molar-refractivity contribution in [2.75, 3.05) is 38.3 Å². The molecule has 2 aromatic rings. The fourth-order valence-electron chi connectivity index (χ4n) is 4.31. The van der Waals surface area contributed by atoms with Gasteiger partial charge in [-0.1, -0.05) is 13.8 Å². The van der Waals surface area contributed by atoms with E-state index in [1.54, 1.807) is 7.11 Å². The minimum absolute atomic E-state index is 0.0714. The summed E-state index contributed by atoms with van der Waals surface area (Å²) < 4.78 is 13.1. The highest BCUT2D eigenvalue weighted by molar-refractivity contribution is 5.88. The van der Waals surface area contributed by atoms with Crippen LogP contribution < -0.4 is 15.1 Å². The van der Waals surface area contributed by atoms with E-state index in [0.717, 1.165) is 47.8 Å². The van der Waals surface area contributed by atoms with Crippen LogP contribution in [0.15, 0.2) is 29.2 Å². The Morgan fingerprint density at radius 2 is 1.97 bits per heavy atom. The van der Waals surface area contributed by atoms with E-state index < -0.39 is 11.4 Å². The molecule has 0 amide bonds. The monoisotopic (exact) mass is 398 g/mol. The number of nitrogens with zero attached hydrogens (tertiary/aromatic N) is 2. The van der Waals surface area contributed by atoms with Crippen LogP contribution in [0.2, 0.25) is 0 Å². The lowest BCUT2D eigenvalue weighted by molar-refractivity contribution is 0.0694. The lowest BCUT2D eigenvalue weighted by Crippen LogP contribution is -2.36. The second-order valence-electron chi connectivity index (χ2n) is 7.95. The number of aromatic carboxylic acids is 1. The Bertz CT molecular complexity index is 1000. The van der Waals surface area contributed by atoms with E-state index in [-0.39, 0.29) is 17.5 Å². The molecular weight excluding hydrogens is 372 g/mol. The minimum Gasteiger partial charge on any atom is -0.495 e. The summed E-state index contributed by atoms with van der Waals surface area (Å²) in [6.45, 7) is 7.21. The molecule has 29 heavy (non-hydrogen) atoms. The smallest absolute Gasteiger partial charge is 0.341 e. The highest BCUT2D eigenvalue weighted by Crippen LogP contribution is 2.43. The van der Waals surface area contributed by atoms with Crippen molar-refractivity contribution in [2.45, 2.75) is 26.3 Å². The van der Waals surface area contributed by atoms with Crippen LogP contribution in [0.4, 0.5) is 5.69 Å². The van der Waals surface area contributed by atoms with E-state index in [4.69, 9.17) is 9.47 Å². The summed E-state index contributed by atoms with van der Waals surface area (Å²) in [5.74, 6) is -0.172. The molecule has 1 fully saturated rings. The number of benzene rings is 1. The van der Waals surface area contributed by atoms with Crippen LogP contribution in [0, 0.1) is 5.92 Å². The standard InChI is InChI=1S/C22H26N2O5/c1-13(2)17-8-14-9-19(23-4-6-29-7-5-23)21(28-3)10-15(14)18-11-20(25)16(22(26)27)12-24(17)18/h9-13,17H,4-8H2,1-3H3,(H,26,27)/t17-/m1/s1. The number of hydrogen-bond donors (Lipinski definition) is 1. The van der Waals surface area contributed by atoms with Crippen LogP contribution in [0.25, 0.3) is 11.3 Å². The molecule has 2 aliphatic rings. The highest BCUT2D eigenvalue weighted by atomic mass is 16.5. The molecule has 4 rings (SSSR count). The fraction of sp³-hybridized carbons (Fsp3) is 0.455. The van der Waals surface area contributed by atoms with Crippen LogP contribution >= 0.6 is 0 Å². The number of carboxylic acid groups (broad SMARTS) is 1. The van der Waals surface area contributed by atoms with Gasteiger partial charge in [-0.2, -0.15) is 0 Å². The maximum absolute atomic E-state index is 12.4. The highest BCUT2D eigenvalue weighted by Gasteiger charge is 2.30. The van der Waals surface area contributed by atoms with Crippen molar-refractivity contribution in [3.05, 3.63) is 45.7 Å². The van der Waals surface area contributed by atoms with Crippen LogP contribution in [-0.2, 0) is 11.2 Å². The third-order valence-corrected chi connectivity index (χ3v) is 5.90. The summed E-state index contributed by atoms with van der Waals surface area (Å²) >= 11 is 0. The van der Waals surface area contributed by atoms with Gasteiger partial charge in [-0.3, -0.25) is 4.79 Å². The van der Waals surface area contributed by atoms with E-state index in [1.165, 1.54) is 12.3 Å². The zero-order chi connectivity index (χ0) is 20.7. The van der Waals surface area contributed by atoms with Gasteiger partial charge in [0.05, 0.1) is 31.7 Å². The number of carboxylic acids is 1. The van der Waals surface area contributed by atoms with Gasteiger partial charge in [0.1, 0.15) is 11.3 Å². The summed E-state index contributed by atoms with van der Waals surface area (Å²) in [4.78, 5) is 26.2. The number of carbonyl (C=O) groups is 1. The molecule has 0 aliphatic carbocycles. The van der Waals surface area contributed by atoms with Crippen LogP contribution in [-0.4, -0.2) is 49.1 Å². The van der Waals surface area contributed by atoms with Crippen molar-refractivity contribution in [2.24, 2.45) is 5.92 Å². The number of anilines is 1. The van der Waals surface area contributed by atoms with Gasteiger partial charge in [-0.25, -0.2) is 4.79 Å². The van der Waals surface area contributed by atoms with Crippen molar-refractivity contribution in [1.82, 2.24) is 4.57 Å². The van der Waals surface area contributed by atoms with Crippen molar-refractivity contribution in [1.29, 1.82) is 0 Å². The molecule has 1 aromatic carbocycles. The maximum atomic E-state index is 12.4. The van der Waals surface area contributed by atoms with Gasteiger partial charge in [0.15, 0.2) is 5.43 Å². The van der Waals surface area contributed by atoms with Gasteiger partial charge in [0, 0.05) is 37.0 Å². The third-order valence-electron chi connectivity index (χ3n) is 5.90. The molecule has 2 aliphatic heterocycles. The van der Waals surface area contributed by atoms with Crippen molar-refractivity contribution in [3.8, 4) is 17.0 Å². The Kier molecular flexibility index (Phi) is 5.08. The first-order chi connectivity index (χ1) is 13.9. The van der Waals surface area contributed by atoms with Gasteiger partial charge < -0.3 is 24.0 Å². The lowest BCUT2D eigenvalue weighted by Gasteiger charge is -2.35. The van der Waals surface area contributed by atoms with Gasteiger partial charge in [-0.05, 0) is 30.0 Å². The second kappa shape index (κ2) is 7.55. The average Bonchev–Trinajstić information content (AvgIpc) is 2.72. The average molecular weight is 398 g/mol. The number of rotatable bonds is 4. The zero-order valence-corrected chi connectivity index (χ0v) is 17.0. The molecule has 1 atom stereocenters. The van der Waals surface area contributed by atoms with Crippen molar-refractivity contribution >= 4 is 11.7 Å². The van der Waals surface area contributed by atoms with E-state index in [9.17, 15) is 14.7 Å². The second-order valence-corrected chi connectivity index (χ2v) is 7.95. The first kappa shape index (κ1) is 19.5. The topological polar surface area (TPSA) is 81.0 Å². The maximum Gasteiger partial charge on any atom is 0.341 e. The van der Waals surface area contributed by atoms with E-state index >= 15 is 0 Å². The van der Waals surface area contributed by atoms with Crippen LogP contribution in [0.1, 0.15) is 35.8 Å². The van der Waals surface area contributed by atoms with Gasteiger partial charge in [0.2, 0.25) is 0 Å². The number of fused-ring (bicyclic) bond motifs is 3. The summed E-state index contributed by atoms with van der Waals surface area (Å²) in [6, 6.07) is 5.66. The fourth-order valence-corrected chi connectivity index (χ4v) is 4.31. The third kappa shape index (κ3) is 3.40. The quantitative estimate of drug-likeness (QED) is 0.853. The Labute approximate surface area is 169 Å². The Morgan fingerprint density at radius 3 is 2.59 bits per heavy atom. The van der Waals surface area contributed by atoms with Gasteiger partial charge in [0.25, 0.3) is 0 Å². The SMILES string of the molecule is COc1cc2c(cc1N1CCOCC1)C[C@H](C(C)C)n1cc(C(=O)O)c(=O)cc1-2. The number of pyridine rings is 1. The summed E-state index contributed by atoms with van der Waals surface area (Å²) in [5.41, 5.74) is 3.18. The molecule has 0 spiro atoms. The molecule has 0 bridgehead atoms. The summed E-state index contributed by atoms with van der Waals surface area (Å²) in [7, 11) is 1.64. The van der Waals surface area contributed by atoms with E-state index in [0.29, 0.717) is 13.2 Å². The Balaban J connectivity index is 1.90. The predicted octanol–water partition coefficient (Wildman–Crippen LogP) is 2.81. The molecule has 0 radical (unpaired) electrons. The van der Waals surface area contributed by atoms with E-state index in [1.807, 2.05) is 10.6 Å². The molecular formula is C22H26N2O5. The van der Waals surface area contributed by atoms with Gasteiger partial charge >= 0.3 is 5.97 Å². The van der Waals surface area contributed by atoms with Crippen LogP contribution in [0.3, 0.4) is 0 Å². The molecule has 3 heterocycles. The predicted molar refractivity (Wildman–Crippen MR) is 110 cm³/mol. The molecule has 1 aromatic heterocycles.